The molecule has 104 valence electrons. The van der Waals surface area contributed by atoms with Crippen LogP contribution in [0.5, 0.6) is 0 Å². The highest BCUT2D eigenvalue weighted by atomic mass is 16.2. The fourth-order valence-corrected chi connectivity index (χ4v) is 2.65. The summed E-state index contributed by atoms with van der Waals surface area (Å²) in [6.45, 7) is 5.51. The first kappa shape index (κ1) is 14.1. The van der Waals surface area contributed by atoms with Crippen LogP contribution in [0, 0.1) is 5.92 Å². The molecule has 1 aliphatic rings. The van der Waals surface area contributed by atoms with Crippen LogP contribution in [-0.4, -0.2) is 19.0 Å². The molecule has 3 nitrogen and oxygen atoms in total. The number of nitrogens with two attached hydrogens (primary N) is 1. The smallest absolute Gasteiger partial charge is 0.229 e. The largest absolute Gasteiger partial charge is 0.330 e. The summed E-state index contributed by atoms with van der Waals surface area (Å²) < 4.78 is 0. The molecule has 1 amide bonds. The van der Waals surface area contributed by atoms with Crippen molar-refractivity contribution >= 4 is 11.6 Å². The Morgan fingerprint density at radius 2 is 2.21 bits per heavy atom. The van der Waals surface area contributed by atoms with E-state index in [1.54, 1.807) is 0 Å². The maximum Gasteiger partial charge on any atom is 0.229 e. The Morgan fingerprint density at radius 1 is 1.42 bits per heavy atom. The van der Waals surface area contributed by atoms with Gasteiger partial charge in [0.15, 0.2) is 0 Å². The van der Waals surface area contributed by atoms with Gasteiger partial charge >= 0.3 is 0 Å². The minimum Gasteiger partial charge on any atom is -0.330 e. The van der Waals surface area contributed by atoms with E-state index in [0.717, 1.165) is 44.5 Å². The first-order valence-electron chi connectivity index (χ1n) is 7.26. The number of carbonyl (C=O) groups excluding carboxylic acids is 1. The summed E-state index contributed by atoms with van der Waals surface area (Å²) in [7, 11) is 0. The van der Waals surface area contributed by atoms with Gasteiger partial charge in [0.05, 0.1) is 0 Å². The number of carbonyl (C=O) groups is 1. The number of hydrogen-bond acceptors (Lipinski definition) is 2. The summed E-state index contributed by atoms with van der Waals surface area (Å²) in [6, 6.07) is 6.51. The topological polar surface area (TPSA) is 46.3 Å². The highest BCUT2D eigenvalue weighted by Crippen LogP contribution is 2.29. The molecule has 2 N–H and O–H groups in total. The fraction of sp³-hybridized carbons (Fsp3) is 0.562. The predicted octanol–water partition coefficient (Wildman–Crippen LogP) is 2.51. The first-order valence-corrected chi connectivity index (χ1v) is 7.26. The van der Waals surface area contributed by atoms with Crippen LogP contribution in [0.3, 0.4) is 0 Å². The zero-order chi connectivity index (χ0) is 13.8. The fourth-order valence-electron chi connectivity index (χ4n) is 2.65. The lowest BCUT2D eigenvalue weighted by Gasteiger charge is -2.31. The van der Waals surface area contributed by atoms with Gasteiger partial charge in [0.25, 0.3) is 0 Å². The van der Waals surface area contributed by atoms with Gasteiger partial charge in [0.1, 0.15) is 0 Å². The summed E-state index contributed by atoms with van der Waals surface area (Å²) in [5.74, 6) is 0.290. The lowest BCUT2D eigenvalue weighted by molar-refractivity contribution is -0.121. The van der Waals surface area contributed by atoms with E-state index in [4.69, 9.17) is 5.73 Å². The molecule has 0 atom stereocenters. The Morgan fingerprint density at radius 3 is 2.89 bits per heavy atom. The van der Waals surface area contributed by atoms with E-state index in [0.29, 0.717) is 0 Å². The molecule has 0 unspecified atom stereocenters. The average molecular weight is 260 g/mol. The van der Waals surface area contributed by atoms with Gasteiger partial charge in [-0.2, -0.15) is 0 Å². The standard InChI is InChI=1S/C16H24N2O/c1-12(2)16(19)18-10-4-6-14-11-13(5-3-9-17)7-8-15(14)18/h7-8,11-12H,3-6,9-10,17H2,1-2H3. The van der Waals surface area contributed by atoms with Gasteiger partial charge in [0, 0.05) is 18.2 Å². The second-order valence-electron chi connectivity index (χ2n) is 5.60. The molecule has 0 saturated heterocycles. The number of rotatable bonds is 4. The lowest BCUT2D eigenvalue weighted by atomic mass is 9.96. The number of hydrogen-bond donors (Lipinski definition) is 1. The van der Waals surface area contributed by atoms with E-state index < -0.39 is 0 Å². The predicted molar refractivity (Wildman–Crippen MR) is 79.3 cm³/mol. The summed E-state index contributed by atoms with van der Waals surface area (Å²) in [4.78, 5) is 14.2. The Kier molecular flexibility index (Phi) is 4.59. The minimum absolute atomic E-state index is 0.0582. The lowest BCUT2D eigenvalue weighted by Crippen LogP contribution is -2.38. The van der Waals surface area contributed by atoms with Crippen LogP contribution in [0.15, 0.2) is 18.2 Å². The maximum absolute atomic E-state index is 12.2. The van der Waals surface area contributed by atoms with Crippen molar-refractivity contribution in [2.24, 2.45) is 11.7 Å². The molecule has 0 fully saturated rings. The molecule has 1 aromatic carbocycles. The molecule has 19 heavy (non-hydrogen) atoms. The van der Waals surface area contributed by atoms with Crippen molar-refractivity contribution in [1.82, 2.24) is 0 Å². The molecule has 1 heterocycles. The molecule has 0 saturated carbocycles. The van der Waals surface area contributed by atoms with Crippen LogP contribution in [-0.2, 0) is 17.6 Å². The molecular formula is C16H24N2O. The van der Waals surface area contributed by atoms with Gasteiger partial charge in [-0.1, -0.05) is 26.0 Å². The van der Waals surface area contributed by atoms with Crippen LogP contribution in [0.4, 0.5) is 5.69 Å². The van der Waals surface area contributed by atoms with E-state index in [2.05, 4.69) is 18.2 Å². The summed E-state index contributed by atoms with van der Waals surface area (Å²) in [5.41, 5.74) is 9.32. The molecule has 0 spiro atoms. The van der Waals surface area contributed by atoms with Crippen molar-refractivity contribution in [1.29, 1.82) is 0 Å². The van der Waals surface area contributed by atoms with E-state index in [1.165, 1.54) is 11.1 Å². The monoisotopic (exact) mass is 260 g/mol. The van der Waals surface area contributed by atoms with Crippen LogP contribution in [0.25, 0.3) is 0 Å². The average Bonchev–Trinajstić information content (AvgIpc) is 2.43. The van der Waals surface area contributed by atoms with E-state index in [1.807, 2.05) is 18.7 Å². The minimum atomic E-state index is 0.0582. The van der Waals surface area contributed by atoms with Crippen LogP contribution < -0.4 is 10.6 Å². The number of anilines is 1. The molecule has 1 aromatic rings. The molecule has 1 aliphatic heterocycles. The van der Waals surface area contributed by atoms with Crippen molar-refractivity contribution < 1.29 is 4.79 Å². The highest BCUT2D eigenvalue weighted by Gasteiger charge is 2.24. The number of aryl methyl sites for hydroxylation is 2. The van der Waals surface area contributed by atoms with Crippen molar-refractivity contribution in [2.75, 3.05) is 18.0 Å². The molecule has 3 heteroatoms. The SMILES string of the molecule is CC(C)C(=O)N1CCCc2cc(CCCN)ccc21. The van der Waals surface area contributed by atoms with E-state index in [-0.39, 0.29) is 11.8 Å². The molecule has 0 aliphatic carbocycles. The molecule has 0 radical (unpaired) electrons. The molecule has 0 aromatic heterocycles. The first-order chi connectivity index (χ1) is 9.13. The third-order valence-corrected chi connectivity index (χ3v) is 3.69. The molecule has 0 bridgehead atoms. The third kappa shape index (κ3) is 3.16. The summed E-state index contributed by atoms with van der Waals surface area (Å²) in [5, 5.41) is 0. The summed E-state index contributed by atoms with van der Waals surface area (Å²) in [6.07, 6.45) is 4.19. The second-order valence-corrected chi connectivity index (χ2v) is 5.60. The van der Waals surface area contributed by atoms with Gasteiger partial charge in [0.2, 0.25) is 5.91 Å². The Hall–Kier alpha value is -1.35. The van der Waals surface area contributed by atoms with Crippen LogP contribution in [0.1, 0.15) is 37.8 Å². The highest BCUT2D eigenvalue weighted by molar-refractivity contribution is 5.95. The summed E-state index contributed by atoms with van der Waals surface area (Å²) >= 11 is 0. The van der Waals surface area contributed by atoms with Crippen LogP contribution in [0.2, 0.25) is 0 Å². The van der Waals surface area contributed by atoms with Crippen LogP contribution >= 0.6 is 0 Å². The van der Waals surface area contributed by atoms with Gasteiger partial charge < -0.3 is 10.6 Å². The quantitative estimate of drug-likeness (QED) is 0.904. The second kappa shape index (κ2) is 6.20. The van der Waals surface area contributed by atoms with Crippen molar-refractivity contribution in [2.45, 2.75) is 39.5 Å². The molecular weight excluding hydrogens is 236 g/mol. The zero-order valence-electron chi connectivity index (χ0n) is 12.0. The Bertz CT molecular complexity index is 454. The van der Waals surface area contributed by atoms with Gasteiger partial charge in [-0.3, -0.25) is 4.79 Å². The third-order valence-electron chi connectivity index (χ3n) is 3.69. The van der Waals surface area contributed by atoms with Gasteiger partial charge in [-0.05, 0) is 49.4 Å². The van der Waals surface area contributed by atoms with Gasteiger partial charge in [-0.15, -0.1) is 0 Å². The number of nitrogens with zero attached hydrogens (tertiary/aromatic N) is 1. The number of fused-ring (bicyclic) bond motifs is 1. The van der Waals surface area contributed by atoms with E-state index >= 15 is 0 Å². The number of benzene rings is 1. The van der Waals surface area contributed by atoms with Crippen molar-refractivity contribution in [3.05, 3.63) is 29.3 Å². The Labute approximate surface area is 115 Å². The number of amides is 1. The maximum atomic E-state index is 12.2. The Balaban J connectivity index is 2.23. The van der Waals surface area contributed by atoms with E-state index in [9.17, 15) is 4.79 Å². The van der Waals surface area contributed by atoms with Gasteiger partial charge in [-0.25, -0.2) is 0 Å². The molecule has 2 rings (SSSR count). The van der Waals surface area contributed by atoms with Crippen molar-refractivity contribution in [3.8, 4) is 0 Å². The zero-order valence-corrected chi connectivity index (χ0v) is 12.0. The normalized spacial score (nSPS) is 14.6. The van der Waals surface area contributed by atoms with Crippen molar-refractivity contribution in [3.63, 3.8) is 0 Å².